The Hall–Kier alpha value is -1.87. The summed E-state index contributed by atoms with van der Waals surface area (Å²) in [5.74, 6) is 0.669. The van der Waals surface area contributed by atoms with Crippen molar-refractivity contribution >= 4 is 0 Å². The number of ether oxygens (including phenoxy) is 1. The van der Waals surface area contributed by atoms with E-state index in [-0.39, 0.29) is 11.9 Å². The van der Waals surface area contributed by atoms with E-state index in [0.29, 0.717) is 0 Å². The second kappa shape index (κ2) is 7.23. The van der Waals surface area contributed by atoms with Gasteiger partial charge in [-0.2, -0.15) is 0 Å². The van der Waals surface area contributed by atoms with Crippen LogP contribution in [0.15, 0.2) is 42.5 Å². The van der Waals surface area contributed by atoms with E-state index in [1.807, 2.05) is 25.1 Å². The Morgan fingerprint density at radius 1 is 1.14 bits per heavy atom. The molecule has 0 spiro atoms. The van der Waals surface area contributed by atoms with Gasteiger partial charge in [-0.3, -0.25) is 0 Å². The van der Waals surface area contributed by atoms with Crippen molar-refractivity contribution in [3.8, 4) is 5.75 Å². The molecule has 0 aliphatic carbocycles. The van der Waals surface area contributed by atoms with Gasteiger partial charge in [0, 0.05) is 6.04 Å². The van der Waals surface area contributed by atoms with Gasteiger partial charge in [-0.05, 0) is 60.8 Å². The first-order chi connectivity index (χ1) is 10.1. The summed E-state index contributed by atoms with van der Waals surface area (Å²) in [6.07, 6.45) is 0.820. The molecule has 2 rings (SSSR count). The summed E-state index contributed by atoms with van der Waals surface area (Å²) in [7, 11) is 1.66. The Kier molecular flexibility index (Phi) is 5.34. The molecule has 0 aliphatic heterocycles. The average Bonchev–Trinajstić information content (AvgIpc) is 2.46. The minimum Gasteiger partial charge on any atom is -0.497 e. The van der Waals surface area contributed by atoms with Gasteiger partial charge < -0.3 is 10.1 Å². The smallest absolute Gasteiger partial charge is 0.123 e. The number of hydrogen-bond donors (Lipinski definition) is 1. The molecule has 21 heavy (non-hydrogen) atoms. The van der Waals surface area contributed by atoms with Crippen molar-refractivity contribution in [1.29, 1.82) is 0 Å². The van der Waals surface area contributed by atoms with E-state index in [9.17, 15) is 4.39 Å². The topological polar surface area (TPSA) is 21.3 Å². The van der Waals surface area contributed by atoms with E-state index < -0.39 is 0 Å². The number of hydrogen-bond acceptors (Lipinski definition) is 2. The van der Waals surface area contributed by atoms with Gasteiger partial charge in [-0.15, -0.1) is 0 Å². The lowest BCUT2D eigenvalue weighted by Gasteiger charge is -2.19. The van der Waals surface area contributed by atoms with E-state index >= 15 is 0 Å². The van der Waals surface area contributed by atoms with Gasteiger partial charge in [-0.25, -0.2) is 4.39 Å². The maximum absolute atomic E-state index is 13.6. The molecule has 0 fully saturated rings. The standard InChI is InChI=1S/C18H22FNO/c1-4-20-18(15-9-13(2)10-16(19)12-15)11-14-5-7-17(21-3)8-6-14/h5-10,12,18,20H,4,11H2,1-3H3. The van der Waals surface area contributed by atoms with Gasteiger partial charge in [0.2, 0.25) is 0 Å². The van der Waals surface area contributed by atoms with Crippen molar-refractivity contribution in [2.45, 2.75) is 26.3 Å². The van der Waals surface area contributed by atoms with Crippen LogP contribution in [-0.4, -0.2) is 13.7 Å². The quantitative estimate of drug-likeness (QED) is 0.866. The third kappa shape index (κ3) is 4.30. The van der Waals surface area contributed by atoms with E-state index in [2.05, 4.69) is 24.4 Å². The molecule has 0 saturated carbocycles. The lowest BCUT2D eigenvalue weighted by atomic mass is 9.97. The molecule has 3 heteroatoms. The summed E-state index contributed by atoms with van der Waals surface area (Å²) in [6.45, 7) is 4.83. The molecule has 0 aromatic heterocycles. The molecule has 0 amide bonds. The molecule has 1 N–H and O–H groups in total. The Bertz CT molecular complexity index is 560. The zero-order valence-corrected chi connectivity index (χ0v) is 12.8. The second-order valence-corrected chi connectivity index (χ2v) is 5.22. The predicted molar refractivity (Wildman–Crippen MR) is 84.3 cm³/mol. The van der Waals surface area contributed by atoms with Crippen molar-refractivity contribution in [3.05, 3.63) is 65.0 Å². The van der Waals surface area contributed by atoms with Crippen LogP contribution >= 0.6 is 0 Å². The highest BCUT2D eigenvalue weighted by atomic mass is 19.1. The fourth-order valence-electron chi connectivity index (χ4n) is 2.52. The van der Waals surface area contributed by atoms with Crippen molar-refractivity contribution in [2.24, 2.45) is 0 Å². The lowest BCUT2D eigenvalue weighted by molar-refractivity contribution is 0.414. The van der Waals surface area contributed by atoms with Gasteiger partial charge in [0.25, 0.3) is 0 Å². The van der Waals surface area contributed by atoms with E-state index in [0.717, 1.165) is 29.8 Å². The van der Waals surface area contributed by atoms with Crippen molar-refractivity contribution < 1.29 is 9.13 Å². The fraction of sp³-hybridized carbons (Fsp3) is 0.333. The summed E-state index contributed by atoms with van der Waals surface area (Å²) in [5, 5.41) is 3.43. The molecule has 0 radical (unpaired) electrons. The molecular formula is C18H22FNO. The van der Waals surface area contributed by atoms with Crippen molar-refractivity contribution in [3.63, 3.8) is 0 Å². The van der Waals surface area contributed by atoms with Gasteiger partial charge in [-0.1, -0.05) is 25.1 Å². The van der Waals surface area contributed by atoms with Crippen LogP contribution in [0.3, 0.4) is 0 Å². The highest BCUT2D eigenvalue weighted by Gasteiger charge is 2.13. The first-order valence-electron chi connectivity index (χ1n) is 7.25. The minimum absolute atomic E-state index is 0.109. The Balaban J connectivity index is 2.21. The highest BCUT2D eigenvalue weighted by molar-refractivity contribution is 5.31. The first-order valence-corrected chi connectivity index (χ1v) is 7.25. The van der Waals surface area contributed by atoms with Gasteiger partial charge in [0.15, 0.2) is 0 Å². The second-order valence-electron chi connectivity index (χ2n) is 5.22. The molecular weight excluding hydrogens is 265 g/mol. The highest BCUT2D eigenvalue weighted by Crippen LogP contribution is 2.22. The molecule has 0 saturated heterocycles. The normalized spacial score (nSPS) is 12.2. The number of methoxy groups -OCH3 is 1. The molecule has 112 valence electrons. The number of benzene rings is 2. The van der Waals surface area contributed by atoms with E-state index in [4.69, 9.17) is 4.74 Å². The molecule has 1 unspecified atom stereocenters. The Morgan fingerprint density at radius 2 is 1.86 bits per heavy atom. The SMILES string of the molecule is CCNC(Cc1ccc(OC)cc1)c1cc(C)cc(F)c1. The number of rotatable bonds is 6. The van der Waals surface area contributed by atoms with Crippen LogP contribution in [0.25, 0.3) is 0 Å². The van der Waals surface area contributed by atoms with Crippen molar-refractivity contribution in [1.82, 2.24) is 5.32 Å². The zero-order chi connectivity index (χ0) is 15.2. The van der Waals surface area contributed by atoms with Crippen LogP contribution in [0, 0.1) is 12.7 Å². The zero-order valence-electron chi connectivity index (χ0n) is 12.8. The fourth-order valence-corrected chi connectivity index (χ4v) is 2.52. The summed E-state index contributed by atoms with van der Waals surface area (Å²) in [5.41, 5.74) is 3.14. The summed E-state index contributed by atoms with van der Waals surface area (Å²) in [6, 6.07) is 13.3. The molecule has 2 aromatic carbocycles. The van der Waals surface area contributed by atoms with Crippen LogP contribution in [0.2, 0.25) is 0 Å². The summed E-state index contributed by atoms with van der Waals surface area (Å²) in [4.78, 5) is 0. The van der Waals surface area contributed by atoms with Gasteiger partial charge >= 0.3 is 0 Å². The van der Waals surface area contributed by atoms with Crippen LogP contribution in [0.4, 0.5) is 4.39 Å². The third-order valence-corrected chi connectivity index (χ3v) is 3.52. The monoisotopic (exact) mass is 287 g/mol. The number of aryl methyl sites for hydroxylation is 1. The summed E-state index contributed by atoms with van der Waals surface area (Å²) < 4.78 is 18.8. The molecule has 0 bridgehead atoms. The minimum atomic E-state index is -0.178. The van der Waals surface area contributed by atoms with Gasteiger partial charge in [0.1, 0.15) is 11.6 Å². The maximum Gasteiger partial charge on any atom is 0.123 e. The van der Waals surface area contributed by atoms with Crippen molar-refractivity contribution in [2.75, 3.05) is 13.7 Å². The molecule has 1 atom stereocenters. The van der Waals surface area contributed by atoms with E-state index in [1.54, 1.807) is 19.2 Å². The first kappa shape index (κ1) is 15.5. The lowest BCUT2D eigenvalue weighted by Crippen LogP contribution is -2.23. The molecule has 2 nitrogen and oxygen atoms in total. The third-order valence-electron chi connectivity index (χ3n) is 3.52. The molecule has 0 heterocycles. The number of nitrogens with one attached hydrogen (secondary N) is 1. The summed E-state index contributed by atoms with van der Waals surface area (Å²) >= 11 is 0. The molecule has 2 aromatic rings. The van der Waals surface area contributed by atoms with Crippen LogP contribution in [0.5, 0.6) is 5.75 Å². The van der Waals surface area contributed by atoms with Crippen LogP contribution in [-0.2, 0) is 6.42 Å². The largest absolute Gasteiger partial charge is 0.497 e. The Labute approximate surface area is 126 Å². The maximum atomic E-state index is 13.6. The number of halogens is 1. The molecule has 0 aliphatic rings. The van der Waals surface area contributed by atoms with Crippen LogP contribution in [0.1, 0.15) is 29.7 Å². The average molecular weight is 287 g/mol. The Morgan fingerprint density at radius 3 is 2.43 bits per heavy atom. The van der Waals surface area contributed by atoms with E-state index in [1.165, 1.54) is 5.56 Å². The number of likely N-dealkylation sites (N-methyl/N-ethyl adjacent to an activating group) is 1. The van der Waals surface area contributed by atoms with Gasteiger partial charge in [0.05, 0.1) is 7.11 Å². The predicted octanol–water partition coefficient (Wildman–Crippen LogP) is 4.04. The van der Waals surface area contributed by atoms with Crippen LogP contribution < -0.4 is 10.1 Å².